The highest BCUT2D eigenvalue weighted by Crippen LogP contribution is 2.52. The number of nitrogens with zero attached hydrogens (tertiary/aromatic N) is 3. The van der Waals surface area contributed by atoms with Crippen LogP contribution >= 0.6 is 0 Å². The number of oxime groups is 1. The summed E-state index contributed by atoms with van der Waals surface area (Å²) >= 11 is 0. The Labute approximate surface area is 188 Å². The standard InChI is InChI=1S/C22H16F7N3O2/c23-14-5-13(6-15(24)18(14)25)21(22(27,28)29)7-16(31-34-21)12-3-4-17(30-8-12)20(26)9-32(10-33)19(20)11-1-2-11/h3-6,8,10-11,19H,1-2,7,9H2. The van der Waals surface area contributed by atoms with E-state index in [2.05, 4.69) is 15.0 Å². The Morgan fingerprint density at radius 1 is 1.12 bits per heavy atom. The van der Waals surface area contributed by atoms with Crippen molar-refractivity contribution >= 4 is 12.1 Å². The van der Waals surface area contributed by atoms with Crippen LogP contribution in [0.3, 0.4) is 0 Å². The number of carbonyl (C=O) groups is 1. The minimum Gasteiger partial charge on any atom is -0.374 e. The first-order valence-electron chi connectivity index (χ1n) is 10.3. The number of pyridine rings is 1. The second kappa shape index (κ2) is 7.41. The molecule has 5 nitrogen and oxygen atoms in total. The Bertz CT molecular complexity index is 1160. The quantitative estimate of drug-likeness (QED) is 0.355. The molecule has 3 heterocycles. The predicted octanol–water partition coefficient (Wildman–Crippen LogP) is 4.50. The molecule has 0 spiro atoms. The number of amides is 1. The lowest BCUT2D eigenvalue weighted by atomic mass is 9.79. The number of hydrogen-bond donors (Lipinski definition) is 0. The molecule has 5 rings (SSSR count). The number of carbonyl (C=O) groups excluding carboxylic acids is 1. The van der Waals surface area contributed by atoms with Crippen LogP contribution in [0.2, 0.25) is 0 Å². The zero-order valence-corrected chi connectivity index (χ0v) is 17.3. The van der Waals surface area contributed by atoms with Crippen LogP contribution in [-0.4, -0.2) is 40.8 Å². The molecule has 34 heavy (non-hydrogen) atoms. The van der Waals surface area contributed by atoms with E-state index in [1.165, 1.54) is 17.0 Å². The highest BCUT2D eigenvalue weighted by atomic mass is 19.4. The van der Waals surface area contributed by atoms with Crippen molar-refractivity contribution in [1.29, 1.82) is 0 Å². The molecule has 3 atom stereocenters. The number of likely N-dealkylation sites (tertiary alicyclic amines) is 1. The summed E-state index contributed by atoms with van der Waals surface area (Å²) in [6.07, 6.45) is -2.84. The minimum absolute atomic E-state index is 0.0296. The van der Waals surface area contributed by atoms with Crippen molar-refractivity contribution in [3.8, 4) is 0 Å². The third kappa shape index (κ3) is 3.25. The Hall–Kier alpha value is -3.18. The van der Waals surface area contributed by atoms with Crippen LogP contribution in [0.1, 0.15) is 36.1 Å². The molecule has 180 valence electrons. The topological polar surface area (TPSA) is 54.8 Å². The highest BCUT2D eigenvalue weighted by molar-refractivity contribution is 6.01. The lowest BCUT2D eigenvalue weighted by Gasteiger charge is -2.50. The van der Waals surface area contributed by atoms with Gasteiger partial charge in [-0.15, -0.1) is 0 Å². The lowest BCUT2D eigenvalue weighted by molar-refractivity contribution is -0.276. The van der Waals surface area contributed by atoms with Gasteiger partial charge < -0.3 is 9.74 Å². The fourth-order valence-corrected chi connectivity index (χ4v) is 4.66. The monoisotopic (exact) mass is 487 g/mol. The Balaban J connectivity index is 1.42. The van der Waals surface area contributed by atoms with E-state index in [0.29, 0.717) is 6.41 Å². The molecular weight excluding hydrogens is 471 g/mol. The molecule has 2 aromatic rings. The van der Waals surface area contributed by atoms with E-state index in [0.717, 1.165) is 19.0 Å². The number of hydrogen-bond acceptors (Lipinski definition) is 4. The van der Waals surface area contributed by atoms with Gasteiger partial charge in [0.05, 0.1) is 30.4 Å². The fourth-order valence-electron chi connectivity index (χ4n) is 4.66. The summed E-state index contributed by atoms with van der Waals surface area (Å²) in [6.45, 7) is -0.174. The summed E-state index contributed by atoms with van der Waals surface area (Å²) in [7, 11) is 0. The Morgan fingerprint density at radius 2 is 1.79 bits per heavy atom. The van der Waals surface area contributed by atoms with Gasteiger partial charge in [-0.2, -0.15) is 13.2 Å². The molecule has 12 heteroatoms. The van der Waals surface area contributed by atoms with E-state index in [4.69, 9.17) is 0 Å². The maximum absolute atomic E-state index is 15.6. The number of aromatic nitrogens is 1. The molecular formula is C22H16F7N3O2. The first kappa shape index (κ1) is 22.6. The first-order valence-corrected chi connectivity index (χ1v) is 10.3. The molecule has 0 N–H and O–H groups in total. The maximum atomic E-state index is 15.6. The van der Waals surface area contributed by atoms with Crippen LogP contribution < -0.4 is 0 Å². The van der Waals surface area contributed by atoms with Gasteiger partial charge in [0, 0.05) is 17.3 Å². The average Bonchev–Trinajstić information content (AvgIpc) is 3.48. The zero-order chi connectivity index (χ0) is 24.5. The van der Waals surface area contributed by atoms with Gasteiger partial charge in [-0.05, 0) is 43.0 Å². The molecule has 2 aliphatic heterocycles. The average molecular weight is 487 g/mol. The molecule has 1 saturated heterocycles. The predicted molar refractivity (Wildman–Crippen MR) is 103 cm³/mol. The Morgan fingerprint density at radius 3 is 2.32 bits per heavy atom. The largest absolute Gasteiger partial charge is 0.435 e. The number of alkyl halides is 4. The molecule has 1 saturated carbocycles. The molecule has 0 bridgehead atoms. The molecule has 3 aliphatic rings. The third-order valence-corrected chi connectivity index (χ3v) is 6.60. The van der Waals surface area contributed by atoms with E-state index >= 15 is 4.39 Å². The second-order valence-corrected chi connectivity index (χ2v) is 8.74. The SMILES string of the molecule is O=CN1CC(F)(c2ccc(C3=NOC(c4cc(F)c(F)c(F)c4)(C(F)(F)F)C3)cn2)C1C1CC1. The summed E-state index contributed by atoms with van der Waals surface area (Å²) < 4.78 is 98.2. The molecule has 1 aromatic carbocycles. The molecule has 1 aromatic heterocycles. The van der Waals surface area contributed by atoms with Crippen molar-refractivity contribution in [2.24, 2.45) is 11.1 Å². The summed E-state index contributed by atoms with van der Waals surface area (Å²) in [6, 6.07) is 2.41. The smallest absolute Gasteiger partial charge is 0.374 e. The highest BCUT2D eigenvalue weighted by Gasteiger charge is 2.63. The van der Waals surface area contributed by atoms with E-state index in [9.17, 15) is 31.1 Å². The van der Waals surface area contributed by atoms with Gasteiger partial charge in [0.25, 0.3) is 5.60 Å². The minimum atomic E-state index is -5.16. The van der Waals surface area contributed by atoms with Crippen molar-refractivity contribution in [2.75, 3.05) is 6.54 Å². The van der Waals surface area contributed by atoms with Crippen LogP contribution in [0.5, 0.6) is 0 Å². The van der Waals surface area contributed by atoms with Crippen LogP contribution in [-0.2, 0) is 20.9 Å². The van der Waals surface area contributed by atoms with Crippen molar-refractivity contribution < 1.29 is 40.4 Å². The van der Waals surface area contributed by atoms with Crippen molar-refractivity contribution in [3.05, 3.63) is 64.7 Å². The summed E-state index contributed by atoms with van der Waals surface area (Å²) in [5.74, 6) is -5.48. The normalized spacial score (nSPS) is 28.9. The van der Waals surface area contributed by atoms with Gasteiger partial charge in [-0.1, -0.05) is 5.16 Å². The lowest BCUT2D eigenvalue weighted by Crippen LogP contribution is -2.65. The number of rotatable bonds is 5. The van der Waals surface area contributed by atoms with Crippen LogP contribution in [0.15, 0.2) is 35.6 Å². The van der Waals surface area contributed by atoms with Crippen molar-refractivity contribution in [2.45, 2.75) is 42.8 Å². The summed E-state index contributed by atoms with van der Waals surface area (Å²) in [5, 5.41) is 3.46. The number of halogens is 7. The van der Waals surface area contributed by atoms with Gasteiger partial charge in [0.1, 0.15) is 0 Å². The molecule has 3 unspecified atom stereocenters. The van der Waals surface area contributed by atoms with Gasteiger partial charge in [0.15, 0.2) is 23.1 Å². The van der Waals surface area contributed by atoms with Crippen LogP contribution in [0.25, 0.3) is 0 Å². The van der Waals surface area contributed by atoms with Gasteiger partial charge in [-0.25, -0.2) is 17.6 Å². The molecule has 0 radical (unpaired) electrons. The van der Waals surface area contributed by atoms with Crippen molar-refractivity contribution in [3.63, 3.8) is 0 Å². The second-order valence-electron chi connectivity index (χ2n) is 8.74. The van der Waals surface area contributed by atoms with E-state index in [-0.39, 0.29) is 41.6 Å². The molecule has 2 fully saturated rings. The van der Waals surface area contributed by atoms with Crippen molar-refractivity contribution in [1.82, 2.24) is 9.88 Å². The molecule has 1 amide bonds. The summed E-state index contributed by atoms with van der Waals surface area (Å²) in [5.41, 5.74) is -6.22. The summed E-state index contributed by atoms with van der Waals surface area (Å²) in [4.78, 5) is 21.3. The van der Waals surface area contributed by atoms with E-state index in [1.54, 1.807) is 0 Å². The fraction of sp³-hybridized carbons (Fsp3) is 0.409. The zero-order valence-electron chi connectivity index (χ0n) is 17.3. The van der Waals surface area contributed by atoms with Crippen LogP contribution in [0, 0.1) is 23.4 Å². The Kier molecular flexibility index (Phi) is 4.93. The van der Waals surface area contributed by atoms with E-state index in [1.807, 2.05) is 0 Å². The first-order chi connectivity index (χ1) is 16.0. The van der Waals surface area contributed by atoms with Gasteiger partial charge in [-0.3, -0.25) is 9.78 Å². The number of benzene rings is 1. The maximum Gasteiger partial charge on any atom is 0.435 e. The van der Waals surface area contributed by atoms with Gasteiger partial charge in [0.2, 0.25) is 6.41 Å². The van der Waals surface area contributed by atoms with Crippen LogP contribution in [0.4, 0.5) is 30.7 Å². The van der Waals surface area contributed by atoms with E-state index < -0.39 is 52.9 Å². The molecule has 1 aliphatic carbocycles. The van der Waals surface area contributed by atoms with Gasteiger partial charge >= 0.3 is 6.18 Å². The third-order valence-electron chi connectivity index (χ3n) is 6.60.